The molecule has 0 spiro atoms. The minimum Gasteiger partial charge on any atom is -0.350 e. The summed E-state index contributed by atoms with van der Waals surface area (Å²) in [6.07, 6.45) is 6.72. The summed E-state index contributed by atoms with van der Waals surface area (Å²) in [5.74, 6) is 0.0588. The van der Waals surface area contributed by atoms with Crippen molar-refractivity contribution < 1.29 is 25.0 Å². The third kappa shape index (κ3) is 3.39. The van der Waals surface area contributed by atoms with Gasteiger partial charge in [-0.25, -0.2) is 4.58 Å². The van der Waals surface area contributed by atoms with Gasteiger partial charge in [0, 0.05) is 50.6 Å². The topological polar surface area (TPSA) is 7.94 Å². The maximum absolute atomic E-state index is 4.57. The molecule has 0 amide bonds. The van der Waals surface area contributed by atoms with Crippen LogP contribution in [0.15, 0.2) is 79.0 Å². The molecule has 5 rings (SSSR count). The van der Waals surface area contributed by atoms with Gasteiger partial charge in [-0.1, -0.05) is 60.2 Å². The van der Waals surface area contributed by atoms with E-state index in [9.17, 15) is 0 Å². The van der Waals surface area contributed by atoms with Gasteiger partial charge in [-0.2, -0.15) is 0 Å². The van der Waals surface area contributed by atoms with E-state index in [0.29, 0.717) is 0 Å². The quantitative estimate of drug-likeness (QED) is 0.191. The average molecular weight is 483 g/mol. The van der Waals surface area contributed by atoms with Crippen molar-refractivity contribution in [2.75, 3.05) is 7.05 Å². The summed E-state index contributed by atoms with van der Waals surface area (Å²) in [7, 11) is 4.21. The Morgan fingerprint density at radius 2 is 1.60 bits per heavy atom. The number of para-hydroxylation sites is 2. The Balaban J connectivity index is 0.00000218. The van der Waals surface area contributed by atoms with Gasteiger partial charge in [0.1, 0.15) is 7.05 Å². The van der Waals surface area contributed by atoms with Crippen LogP contribution in [-0.2, 0) is 27.5 Å². The van der Waals surface area contributed by atoms with Crippen LogP contribution in [0.4, 0.5) is 5.69 Å². The summed E-state index contributed by atoms with van der Waals surface area (Å²) < 4.78 is 4.38. The Morgan fingerprint density at radius 1 is 0.900 bits per heavy atom. The molecule has 1 aliphatic heterocycles. The first-order valence-electron chi connectivity index (χ1n) is 9.98. The van der Waals surface area contributed by atoms with E-state index in [1.807, 2.05) is 0 Å². The summed E-state index contributed by atoms with van der Waals surface area (Å²) in [4.78, 5) is 0. The van der Waals surface area contributed by atoms with Gasteiger partial charge in [0.05, 0.1) is 11.1 Å². The zero-order valence-electron chi connectivity index (χ0n) is 17.2. The van der Waals surface area contributed by atoms with Gasteiger partial charge in [-0.05, 0) is 29.3 Å². The molecule has 1 aliphatic rings. The molecule has 0 N–H and O–H groups in total. The van der Waals surface area contributed by atoms with Crippen molar-refractivity contribution in [1.82, 2.24) is 4.57 Å². The van der Waals surface area contributed by atoms with Crippen molar-refractivity contribution in [2.45, 2.75) is 5.92 Å². The van der Waals surface area contributed by atoms with E-state index in [-0.39, 0.29) is 26.3 Å². The number of hydrogen-bond acceptors (Lipinski definition) is 0. The molecule has 30 heavy (non-hydrogen) atoms. The van der Waals surface area contributed by atoms with Crippen LogP contribution in [0.3, 0.4) is 0 Å². The third-order valence-electron chi connectivity index (χ3n) is 5.91. The first kappa shape index (κ1) is 20.5. The number of aromatic nitrogens is 1. The molecule has 2 nitrogen and oxygen atoms in total. The Kier molecular flexibility index (Phi) is 5.61. The number of nitrogens with zero attached hydrogens (tertiary/aromatic N) is 2. The zero-order chi connectivity index (χ0) is 20.0. The molecule has 0 saturated carbocycles. The van der Waals surface area contributed by atoms with Crippen molar-refractivity contribution in [3.8, 4) is 0 Å². The monoisotopic (exact) mass is 482 g/mol. The van der Waals surface area contributed by atoms with Crippen LogP contribution in [0, 0.1) is 6.92 Å². The van der Waals surface area contributed by atoms with Gasteiger partial charge in [0.15, 0.2) is 6.21 Å². The van der Waals surface area contributed by atoms with Crippen molar-refractivity contribution >= 4 is 34.5 Å². The molecule has 2 heterocycles. The zero-order valence-corrected chi connectivity index (χ0v) is 18.7. The molecule has 1 unspecified atom stereocenters. The second-order valence-corrected chi connectivity index (χ2v) is 7.75. The maximum atomic E-state index is 4.57. The molecular weight excluding hydrogens is 459 g/mol. The molecule has 3 aromatic carbocycles. The minimum absolute atomic E-state index is 0. The van der Waals surface area contributed by atoms with Crippen molar-refractivity contribution in [3.05, 3.63) is 108 Å². The molecule has 0 bridgehead atoms. The number of rotatable bonds is 3. The van der Waals surface area contributed by atoms with Crippen LogP contribution in [0.5, 0.6) is 0 Å². The second kappa shape index (κ2) is 8.19. The smallest absolute Gasteiger partial charge is 0.213 e. The first-order valence-corrected chi connectivity index (χ1v) is 9.98. The molecule has 0 radical (unpaired) electrons. The number of benzene rings is 3. The molecule has 4 aromatic rings. The normalized spacial score (nSPS) is 15.0. The van der Waals surface area contributed by atoms with Crippen molar-refractivity contribution in [2.24, 2.45) is 7.05 Å². The standard InChI is InChI=1S/C27H24N2.Pd/c1-19(25-18-29(3)27-15-9-7-13-24(25)27)22-11-5-4-10-20(22)16-21-17-28(2)26-14-8-6-12-23(21)26;/h4-19H,1H2,2-3H3;/b21-16-;. The van der Waals surface area contributed by atoms with Crippen LogP contribution in [-0.4, -0.2) is 22.4 Å². The second-order valence-electron chi connectivity index (χ2n) is 7.75. The number of allylic oxidation sites excluding steroid dienone is 1. The largest absolute Gasteiger partial charge is 0.350 e. The van der Waals surface area contributed by atoms with Gasteiger partial charge >= 0.3 is 0 Å². The van der Waals surface area contributed by atoms with E-state index < -0.39 is 0 Å². The fraction of sp³-hybridized carbons (Fsp3) is 0.111. The van der Waals surface area contributed by atoms with Crippen LogP contribution in [0.25, 0.3) is 22.6 Å². The van der Waals surface area contributed by atoms with Crippen molar-refractivity contribution in [3.63, 3.8) is 0 Å². The number of aryl methyl sites for hydroxylation is 1. The Hall–Kier alpha value is -2.73. The predicted octanol–water partition coefficient (Wildman–Crippen LogP) is 6.04. The Labute approximate surface area is 191 Å². The van der Waals surface area contributed by atoms with E-state index >= 15 is 0 Å². The molecule has 152 valence electrons. The average Bonchev–Trinajstić information content (AvgIpc) is 3.26. The molecule has 1 atom stereocenters. The summed E-state index contributed by atoms with van der Waals surface area (Å²) in [5, 5.41) is 1.27. The van der Waals surface area contributed by atoms with E-state index in [4.69, 9.17) is 0 Å². The number of fused-ring (bicyclic) bond motifs is 2. The van der Waals surface area contributed by atoms with Crippen LogP contribution >= 0.6 is 0 Å². The van der Waals surface area contributed by atoms with Crippen LogP contribution < -0.4 is 0 Å². The fourth-order valence-electron chi connectivity index (χ4n) is 4.43. The van der Waals surface area contributed by atoms with Crippen LogP contribution in [0.2, 0.25) is 0 Å². The SMILES string of the molecule is [CH2-]C(c1ccccc1/C=C1/C=[N+](C)c2ccccc21)c1cn(C)c2ccccc12.[Pd]. The van der Waals surface area contributed by atoms with Crippen molar-refractivity contribution in [1.29, 1.82) is 0 Å². The third-order valence-corrected chi connectivity index (χ3v) is 5.91. The van der Waals surface area contributed by atoms with E-state index in [1.54, 1.807) is 0 Å². The van der Waals surface area contributed by atoms with E-state index in [1.165, 1.54) is 44.4 Å². The van der Waals surface area contributed by atoms with E-state index in [0.717, 1.165) is 0 Å². The molecule has 0 saturated heterocycles. The summed E-state index contributed by atoms with van der Waals surface area (Å²) in [5.41, 5.74) is 8.73. The minimum atomic E-state index is 0. The molecule has 1 aromatic heterocycles. The van der Waals surface area contributed by atoms with Gasteiger partial charge < -0.3 is 11.5 Å². The van der Waals surface area contributed by atoms with Gasteiger partial charge in [0.2, 0.25) is 5.69 Å². The summed E-state index contributed by atoms with van der Waals surface area (Å²) in [6.45, 7) is 4.57. The predicted molar refractivity (Wildman–Crippen MR) is 123 cm³/mol. The summed E-state index contributed by atoms with van der Waals surface area (Å²) >= 11 is 0. The van der Waals surface area contributed by atoms with Gasteiger partial charge in [0.25, 0.3) is 0 Å². The van der Waals surface area contributed by atoms with Crippen LogP contribution in [0.1, 0.15) is 28.2 Å². The fourth-order valence-corrected chi connectivity index (χ4v) is 4.43. The molecule has 3 heteroatoms. The molecule has 0 fully saturated rings. The maximum Gasteiger partial charge on any atom is 0.213 e. The Morgan fingerprint density at radius 3 is 2.47 bits per heavy atom. The van der Waals surface area contributed by atoms with Gasteiger partial charge in [-0.15, -0.1) is 5.92 Å². The Bertz CT molecular complexity index is 1290. The molecular formula is C27H24N2Pd. The molecule has 0 aliphatic carbocycles. The first-order chi connectivity index (χ1) is 14.1. The van der Waals surface area contributed by atoms with Gasteiger partial charge in [-0.3, -0.25) is 0 Å². The summed E-state index contributed by atoms with van der Waals surface area (Å²) in [6, 6.07) is 25.7. The number of hydrogen-bond donors (Lipinski definition) is 0. The van der Waals surface area contributed by atoms with E-state index in [2.05, 4.69) is 121 Å².